The van der Waals surface area contributed by atoms with Crippen molar-refractivity contribution in [3.8, 4) is 0 Å². The Labute approximate surface area is 119 Å². The highest BCUT2D eigenvalue weighted by molar-refractivity contribution is 7.22. The summed E-state index contributed by atoms with van der Waals surface area (Å²) in [5.74, 6) is 0.971. The van der Waals surface area contributed by atoms with Crippen LogP contribution in [0.4, 0.5) is 5.13 Å². The van der Waals surface area contributed by atoms with E-state index in [1.165, 1.54) is 43.2 Å². The van der Waals surface area contributed by atoms with Crippen LogP contribution in [0, 0.1) is 5.92 Å². The van der Waals surface area contributed by atoms with E-state index in [0.717, 1.165) is 16.6 Å². The Morgan fingerprint density at radius 3 is 2.74 bits per heavy atom. The molecule has 1 aromatic heterocycles. The summed E-state index contributed by atoms with van der Waals surface area (Å²) in [4.78, 5) is 4.67. The molecule has 19 heavy (non-hydrogen) atoms. The highest BCUT2D eigenvalue weighted by Crippen LogP contribution is 2.31. The van der Waals surface area contributed by atoms with Gasteiger partial charge in [-0.3, -0.25) is 0 Å². The quantitative estimate of drug-likeness (QED) is 0.842. The van der Waals surface area contributed by atoms with Crippen molar-refractivity contribution in [2.45, 2.75) is 51.5 Å². The molecule has 1 aliphatic rings. The number of para-hydroxylation sites is 1. The minimum atomic E-state index is 0.633. The van der Waals surface area contributed by atoms with Crippen LogP contribution in [0.15, 0.2) is 24.3 Å². The Morgan fingerprint density at radius 2 is 2.00 bits per heavy atom. The maximum atomic E-state index is 4.67. The van der Waals surface area contributed by atoms with Crippen molar-refractivity contribution in [3.05, 3.63) is 24.3 Å². The van der Waals surface area contributed by atoms with Gasteiger partial charge in [0.25, 0.3) is 0 Å². The topological polar surface area (TPSA) is 24.9 Å². The van der Waals surface area contributed by atoms with E-state index in [1.807, 2.05) is 0 Å². The zero-order chi connectivity index (χ0) is 13.1. The minimum Gasteiger partial charge on any atom is -0.359 e. The minimum absolute atomic E-state index is 0.633. The second kappa shape index (κ2) is 5.91. The van der Waals surface area contributed by atoms with Crippen LogP contribution in [0.1, 0.15) is 45.4 Å². The first-order valence-electron chi connectivity index (χ1n) is 7.47. The normalized spacial score (nSPS) is 23.6. The molecule has 3 heteroatoms. The fourth-order valence-corrected chi connectivity index (χ4v) is 4.06. The molecule has 0 spiro atoms. The van der Waals surface area contributed by atoms with Crippen LogP contribution < -0.4 is 5.32 Å². The summed E-state index contributed by atoms with van der Waals surface area (Å²) in [5.41, 5.74) is 1.12. The fraction of sp³-hybridized carbons (Fsp3) is 0.562. The first-order valence-corrected chi connectivity index (χ1v) is 8.29. The molecule has 1 saturated carbocycles. The van der Waals surface area contributed by atoms with Gasteiger partial charge in [0.1, 0.15) is 0 Å². The number of nitrogens with zero attached hydrogens (tertiary/aromatic N) is 1. The van der Waals surface area contributed by atoms with E-state index in [9.17, 15) is 0 Å². The van der Waals surface area contributed by atoms with Crippen LogP contribution in [-0.4, -0.2) is 11.0 Å². The van der Waals surface area contributed by atoms with Crippen molar-refractivity contribution in [2.75, 3.05) is 5.32 Å². The summed E-state index contributed by atoms with van der Waals surface area (Å²) in [5, 5.41) is 4.74. The molecule has 1 fully saturated rings. The predicted molar refractivity (Wildman–Crippen MR) is 83.9 cm³/mol. The van der Waals surface area contributed by atoms with Gasteiger partial charge in [0, 0.05) is 6.04 Å². The molecule has 2 nitrogen and oxygen atoms in total. The largest absolute Gasteiger partial charge is 0.359 e. The Kier molecular flexibility index (Phi) is 4.02. The summed E-state index contributed by atoms with van der Waals surface area (Å²) in [6.07, 6.45) is 8.13. The van der Waals surface area contributed by atoms with Gasteiger partial charge in [0.15, 0.2) is 5.13 Å². The Balaban J connectivity index is 1.60. The second-order valence-electron chi connectivity index (χ2n) is 5.64. The molecule has 102 valence electrons. The lowest BCUT2D eigenvalue weighted by atomic mass is 9.83. The van der Waals surface area contributed by atoms with Crippen LogP contribution in [0.3, 0.4) is 0 Å². The van der Waals surface area contributed by atoms with Crippen LogP contribution in [0.2, 0.25) is 0 Å². The van der Waals surface area contributed by atoms with Crippen molar-refractivity contribution < 1.29 is 0 Å². The van der Waals surface area contributed by atoms with Crippen LogP contribution in [0.5, 0.6) is 0 Å². The van der Waals surface area contributed by atoms with Crippen LogP contribution >= 0.6 is 11.3 Å². The third kappa shape index (κ3) is 3.08. The predicted octanol–water partition coefficient (Wildman–Crippen LogP) is 5.07. The summed E-state index contributed by atoms with van der Waals surface area (Å²) < 4.78 is 1.28. The number of hydrogen-bond donors (Lipinski definition) is 1. The van der Waals surface area contributed by atoms with Crippen molar-refractivity contribution in [2.24, 2.45) is 5.92 Å². The van der Waals surface area contributed by atoms with E-state index in [1.54, 1.807) is 11.3 Å². The number of fused-ring (bicyclic) bond motifs is 1. The van der Waals surface area contributed by atoms with E-state index in [4.69, 9.17) is 0 Å². The maximum Gasteiger partial charge on any atom is 0.184 e. The van der Waals surface area contributed by atoms with Crippen molar-refractivity contribution in [1.82, 2.24) is 4.98 Å². The molecule has 0 aliphatic heterocycles. The standard InChI is InChI=1S/C16H22N2S/c1-2-5-12-8-10-13(11-9-12)17-16-18-14-6-3-4-7-15(14)19-16/h3-4,6-7,12-13H,2,5,8-11H2,1H3,(H,17,18). The summed E-state index contributed by atoms with van der Waals surface area (Å²) in [7, 11) is 0. The van der Waals surface area contributed by atoms with Gasteiger partial charge in [0.2, 0.25) is 0 Å². The van der Waals surface area contributed by atoms with Gasteiger partial charge in [-0.05, 0) is 43.7 Å². The monoisotopic (exact) mass is 274 g/mol. The highest BCUT2D eigenvalue weighted by Gasteiger charge is 2.21. The Morgan fingerprint density at radius 1 is 1.21 bits per heavy atom. The lowest BCUT2D eigenvalue weighted by Gasteiger charge is -2.28. The lowest BCUT2D eigenvalue weighted by Crippen LogP contribution is -2.25. The van der Waals surface area contributed by atoms with E-state index >= 15 is 0 Å². The number of benzene rings is 1. The smallest absolute Gasteiger partial charge is 0.184 e. The average molecular weight is 274 g/mol. The van der Waals surface area contributed by atoms with E-state index < -0.39 is 0 Å². The zero-order valence-electron chi connectivity index (χ0n) is 11.6. The van der Waals surface area contributed by atoms with Gasteiger partial charge in [0.05, 0.1) is 10.2 Å². The molecule has 0 bridgehead atoms. The van der Waals surface area contributed by atoms with Crippen molar-refractivity contribution in [1.29, 1.82) is 0 Å². The van der Waals surface area contributed by atoms with E-state index in [2.05, 4.69) is 41.5 Å². The van der Waals surface area contributed by atoms with Crippen LogP contribution in [-0.2, 0) is 0 Å². The molecule has 0 radical (unpaired) electrons. The number of rotatable bonds is 4. The molecule has 1 heterocycles. The van der Waals surface area contributed by atoms with Gasteiger partial charge in [-0.15, -0.1) is 0 Å². The van der Waals surface area contributed by atoms with E-state index in [-0.39, 0.29) is 0 Å². The van der Waals surface area contributed by atoms with Gasteiger partial charge in [-0.2, -0.15) is 0 Å². The number of thiazole rings is 1. The van der Waals surface area contributed by atoms with Gasteiger partial charge in [-0.1, -0.05) is 43.2 Å². The van der Waals surface area contributed by atoms with Crippen LogP contribution in [0.25, 0.3) is 10.2 Å². The third-order valence-corrected chi connectivity index (χ3v) is 5.13. The molecular weight excluding hydrogens is 252 g/mol. The van der Waals surface area contributed by atoms with Crippen molar-refractivity contribution >= 4 is 26.7 Å². The third-order valence-electron chi connectivity index (χ3n) is 4.17. The second-order valence-corrected chi connectivity index (χ2v) is 6.67. The average Bonchev–Trinajstić information content (AvgIpc) is 2.83. The number of aromatic nitrogens is 1. The van der Waals surface area contributed by atoms with Gasteiger partial charge < -0.3 is 5.32 Å². The number of nitrogens with one attached hydrogen (secondary N) is 1. The first-order chi connectivity index (χ1) is 9.35. The summed E-state index contributed by atoms with van der Waals surface area (Å²) in [6, 6.07) is 9.02. The maximum absolute atomic E-state index is 4.67. The summed E-state index contributed by atoms with van der Waals surface area (Å²) in [6.45, 7) is 2.30. The molecule has 3 rings (SSSR count). The number of anilines is 1. The molecule has 2 aromatic rings. The SMILES string of the molecule is CCCC1CCC(Nc2nc3ccccc3s2)CC1. The fourth-order valence-electron chi connectivity index (χ4n) is 3.11. The Bertz CT molecular complexity index is 493. The molecular formula is C16H22N2S. The lowest BCUT2D eigenvalue weighted by molar-refractivity contribution is 0.319. The van der Waals surface area contributed by atoms with E-state index in [0.29, 0.717) is 6.04 Å². The molecule has 0 atom stereocenters. The van der Waals surface area contributed by atoms with Crippen molar-refractivity contribution in [3.63, 3.8) is 0 Å². The molecule has 1 aliphatic carbocycles. The highest BCUT2D eigenvalue weighted by atomic mass is 32.1. The first kappa shape index (κ1) is 12.9. The Hall–Kier alpha value is -1.09. The van der Waals surface area contributed by atoms with Gasteiger partial charge in [-0.25, -0.2) is 4.98 Å². The summed E-state index contributed by atoms with van der Waals surface area (Å²) >= 11 is 1.78. The zero-order valence-corrected chi connectivity index (χ0v) is 12.4. The molecule has 1 N–H and O–H groups in total. The van der Waals surface area contributed by atoms with Gasteiger partial charge >= 0.3 is 0 Å². The molecule has 0 unspecified atom stereocenters. The molecule has 0 amide bonds. The molecule has 0 saturated heterocycles. The number of hydrogen-bond acceptors (Lipinski definition) is 3. The molecule has 1 aromatic carbocycles.